The van der Waals surface area contributed by atoms with Crippen LogP contribution in [0.4, 0.5) is 9.59 Å². The Balaban J connectivity index is 1.54. The van der Waals surface area contributed by atoms with E-state index in [2.05, 4.69) is 5.32 Å². The van der Waals surface area contributed by atoms with Crippen molar-refractivity contribution in [2.45, 2.75) is 57.4 Å². The van der Waals surface area contributed by atoms with Crippen LogP contribution in [0, 0.1) is 11.8 Å². The van der Waals surface area contributed by atoms with Gasteiger partial charge in [0.25, 0.3) is 0 Å². The number of carbonyl (C=O) groups excluding carboxylic acids is 2. The molecule has 1 aliphatic heterocycles. The molecular formula is C18H31N3O3. The molecular weight excluding hydrogens is 306 g/mol. The summed E-state index contributed by atoms with van der Waals surface area (Å²) in [4.78, 5) is 27.8. The van der Waals surface area contributed by atoms with Gasteiger partial charge in [-0.2, -0.15) is 0 Å². The van der Waals surface area contributed by atoms with Crippen molar-refractivity contribution in [1.82, 2.24) is 15.1 Å². The molecule has 136 valence electrons. The van der Waals surface area contributed by atoms with Gasteiger partial charge in [-0.25, -0.2) is 9.59 Å². The van der Waals surface area contributed by atoms with Crippen molar-refractivity contribution in [2.24, 2.45) is 11.8 Å². The molecule has 1 N–H and O–H groups in total. The van der Waals surface area contributed by atoms with Gasteiger partial charge in [0.15, 0.2) is 0 Å². The molecule has 24 heavy (non-hydrogen) atoms. The number of urea groups is 1. The molecule has 0 unspecified atom stereocenters. The largest absolute Gasteiger partial charge is 0.453 e. The lowest BCUT2D eigenvalue weighted by Crippen LogP contribution is -2.56. The maximum atomic E-state index is 12.7. The number of nitrogens with one attached hydrogen (secondary N) is 1. The van der Waals surface area contributed by atoms with Crippen LogP contribution in [0.15, 0.2) is 0 Å². The molecule has 1 saturated heterocycles. The number of hydrogen-bond donors (Lipinski definition) is 1. The maximum Gasteiger partial charge on any atom is 0.409 e. The Hall–Kier alpha value is -1.46. The van der Waals surface area contributed by atoms with Crippen LogP contribution in [0.25, 0.3) is 0 Å². The molecule has 0 aromatic rings. The minimum Gasteiger partial charge on any atom is -0.453 e. The number of ether oxygens (including phenoxy) is 1. The van der Waals surface area contributed by atoms with Crippen LogP contribution < -0.4 is 5.32 Å². The number of hydrogen-bond acceptors (Lipinski definition) is 3. The van der Waals surface area contributed by atoms with Crippen LogP contribution in [0.2, 0.25) is 0 Å². The summed E-state index contributed by atoms with van der Waals surface area (Å²) >= 11 is 0. The molecule has 6 heteroatoms. The molecule has 3 amide bonds. The summed E-state index contributed by atoms with van der Waals surface area (Å²) in [5.74, 6) is 1.32. The zero-order valence-corrected chi connectivity index (χ0v) is 14.8. The third-order valence-corrected chi connectivity index (χ3v) is 6.11. The van der Waals surface area contributed by atoms with Crippen LogP contribution in [-0.4, -0.2) is 61.3 Å². The van der Waals surface area contributed by atoms with E-state index in [4.69, 9.17) is 4.74 Å². The topological polar surface area (TPSA) is 61.9 Å². The maximum absolute atomic E-state index is 12.7. The first-order chi connectivity index (χ1) is 11.7. The Labute approximate surface area is 144 Å². The highest BCUT2D eigenvalue weighted by Crippen LogP contribution is 2.37. The first kappa shape index (κ1) is 17.4. The summed E-state index contributed by atoms with van der Waals surface area (Å²) in [6.07, 6.45) is 9.97. The molecule has 2 saturated carbocycles. The van der Waals surface area contributed by atoms with E-state index in [1.165, 1.54) is 58.5 Å². The van der Waals surface area contributed by atoms with Gasteiger partial charge in [-0.1, -0.05) is 25.7 Å². The molecule has 0 atom stereocenters. The Morgan fingerprint density at radius 3 is 1.79 bits per heavy atom. The lowest BCUT2D eigenvalue weighted by molar-refractivity contribution is 0.0950. The highest BCUT2D eigenvalue weighted by atomic mass is 16.5. The molecule has 3 aliphatic rings. The molecule has 3 fully saturated rings. The molecule has 0 bridgehead atoms. The summed E-state index contributed by atoms with van der Waals surface area (Å²) in [6, 6.07) is 0.407. The molecule has 3 rings (SSSR count). The van der Waals surface area contributed by atoms with E-state index in [-0.39, 0.29) is 12.1 Å². The van der Waals surface area contributed by atoms with Crippen molar-refractivity contribution in [3.63, 3.8) is 0 Å². The first-order valence-corrected chi connectivity index (χ1v) is 9.57. The molecule has 0 spiro atoms. The zero-order chi connectivity index (χ0) is 16.9. The van der Waals surface area contributed by atoms with E-state index < -0.39 is 0 Å². The smallest absolute Gasteiger partial charge is 0.409 e. The van der Waals surface area contributed by atoms with Crippen molar-refractivity contribution in [2.75, 3.05) is 33.3 Å². The second-order valence-electron chi connectivity index (χ2n) is 7.51. The van der Waals surface area contributed by atoms with E-state index in [0.29, 0.717) is 44.1 Å². The average Bonchev–Trinajstić information content (AvgIpc) is 3.32. The van der Waals surface area contributed by atoms with Crippen LogP contribution in [0.5, 0.6) is 0 Å². The Bertz CT molecular complexity index is 421. The molecule has 6 nitrogen and oxygen atoms in total. The van der Waals surface area contributed by atoms with Gasteiger partial charge in [-0.15, -0.1) is 0 Å². The van der Waals surface area contributed by atoms with Gasteiger partial charge < -0.3 is 19.9 Å². The van der Waals surface area contributed by atoms with Crippen LogP contribution in [0.3, 0.4) is 0 Å². The number of nitrogens with zero attached hydrogens (tertiary/aromatic N) is 2. The van der Waals surface area contributed by atoms with E-state index >= 15 is 0 Å². The van der Waals surface area contributed by atoms with Crippen molar-refractivity contribution in [3.8, 4) is 0 Å². The van der Waals surface area contributed by atoms with Gasteiger partial charge in [0.1, 0.15) is 0 Å². The van der Waals surface area contributed by atoms with E-state index in [9.17, 15) is 9.59 Å². The van der Waals surface area contributed by atoms with Crippen LogP contribution in [0.1, 0.15) is 51.4 Å². The zero-order valence-electron chi connectivity index (χ0n) is 14.8. The average molecular weight is 337 g/mol. The van der Waals surface area contributed by atoms with Gasteiger partial charge in [0, 0.05) is 32.2 Å². The summed E-state index contributed by atoms with van der Waals surface area (Å²) in [5.41, 5.74) is 0. The third-order valence-electron chi connectivity index (χ3n) is 6.11. The Kier molecular flexibility index (Phi) is 5.85. The van der Waals surface area contributed by atoms with E-state index in [1.54, 1.807) is 4.90 Å². The normalized spacial score (nSPS) is 23.1. The first-order valence-electron chi connectivity index (χ1n) is 9.57. The van der Waals surface area contributed by atoms with Crippen LogP contribution >= 0.6 is 0 Å². The van der Waals surface area contributed by atoms with Gasteiger partial charge >= 0.3 is 12.1 Å². The summed E-state index contributed by atoms with van der Waals surface area (Å²) in [6.45, 7) is 2.28. The fourth-order valence-corrected chi connectivity index (χ4v) is 4.71. The highest BCUT2D eigenvalue weighted by Gasteiger charge is 2.35. The summed E-state index contributed by atoms with van der Waals surface area (Å²) < 4.78 is 4.75. The lowest BCUT2D eigenvalue weighted by Gasteiger charge is -2.37. The molecule has 2 aliphatic carbocycles. The molecule has 1 heterocycles. The van der Waals surface area contributed by atoms with Gasteiger partial charge in [-0.05, 0) is 37.5 Å². The number of carbonyl (C=O) groups is 2. The van der Waals surface area contributed by atoms with Crippen molar-refractivity contribution < 1.29 is 14.3 Å². The van der Waals surface area contributed by atoms with Gasteiger partial charge in [-0.3, -0.25) is 0 Å². The molecule has 0 aromatic heterocycles. The van der Waals surface area contributed by atoms with Crippen molar-refractivity contribution in [3.05, 3.63) is 0 Å². The fraction of sp³-hybridized carbons (Fsp3) is 0.889. The van der Waals surface area contributed by atoms with Gasteiger partial charge in [0.05, 0.1) is 7.11 Å². The van der Waals surface area contributed by atoms with E-state index in [0.717, 1.165) is 0 Å². The summed E-state index contributed by atoms with van der Waals surface area (Å²) in [5, 5.41) is 3.38. The summed E-state index contributed by atoms with van der Waals surface area (Å²) in [7, 11) is 1.40. The number of piperazine rings is 1. The molecule has 0 aromatic carbocycles. The van der Waals surface area contributed by atoms with E-state index in [1.807, 2.05) is 4.90 Å². The minimum atomic E-state index is -0.301. The fourth-order valence-electron chi connectivity index (χ4n) is 4.71. The second-order valence-corrected chi connectivity index (χ2v) is 7.51. The number of amides is 3. The monoisotopic (exact) mass is 337 g/mol. The second kappa shape index (κ2) is 8.08. The highest BCUT2D eigenvalue weighted by molar-refractivity contribution is 5.75. The van der Waals surface area contributed by atoms with Crippen molar-refractivity contribution in [1.29, 1.82) is 0 Å². The Morgan fingerprint density at radius 2 is 1.33 bits per heavy atom. The van der Waals surface area contributed by atoms with Gasteiger partial charge in [0.2, 0.25) is 0 Å². The van der Waals surface area contributed by atoms with Crippen molar-refractivity contribution >= 4 is 12.1 Å². The third kappa shape index (κ3) is 3.95. The molecule has 0 radical (unpaired) electrons. The minimum absolute atomic E-state index is 0.0586. The van der Waals surface area contributed by atoms with Crippen LogP contribution in [-0.2, 0) is 4.74 Å². The number of methoxy groups -OCH3 is 1. The predicted octanol–water partition coefficient (Wildman–Crippen LogP) is 2.83. The Morgan fingerprint density at radius 1 is 0.875 bits per heavy atom. The SMILES string of the molecule is COC(=O)N1CCN(C(=O)NC(C2CCCC2)C2CCCC2)CC1. The lowest BCUT2D eigenvalue weighted by atomic mass is 9.86. The predicted molar refractivity (Wildman–Crippen MR) is 91.8 cm³/mol. The number of rotatable bonds is 3. The quantitative estimate of drug-likeness (QED) is 0.861. The standard InChI is InChI=1S/C18H31N3O3/c1-24-18(23)21-12-10-20(11-13-21)17(22)19-16(14-6-2-3-7-14)15-8-4-5-9-15/h14-16H,2-13H2,1H3,(H,19,22).